The molecule has 114 valence electrons. The maximum absolute atomic E-state index is 11.9. The van der Waals surface area contributed by atoms with E-state index >= 15 is 0 Å². The van der Waals surface area contributed by atoms with Crippen LogP contribution in [0, 0.1) is 5.92 Å². The zero-order valence-corrected chi connectivity index (χ0v) is 11.9. The molecule has 2 amide bonds. The minimum Gasteiger partial charge on any atom is -0.505 e. The highest BCUT2D eigenvalue weighted by atomic mass is 16.4. The van der Waals surface area contributed by atoms with E-state index in [0.29, 0.717) is 5.92 Å². The normalized spacial score (nSPS) is 15.3. The Labute approximate surface area is 123 Å². The Morgan fingerprint density at radius 2 is 2.10 bits per heavy atom. The van der Waals surface area contributed by atoms with E-state index in [0.717, 1.165) is 12.8 Å². The molecule has 1 atom stereocenters. The average molecular weight is 292 g/mol. The van der Waals surface area contributed by atoms with Crippen molar-refractivity contribution in [3.05, 3.63) is 23.8 Å². The first-order valence-corrected chi connectivity index (χ1v) is 7.14. The van der Waals surface area contributed by atoms with Crippen LogP contribution in [0.25, 0.3) is 0 Å². The molecule has 1 aliphatic rings. The van der Waals surface area contributed by atoms with E-state index in [-0.39, 0.29) is 17.3 Å². The monoisotopic (exact) mass is 292 g/mol. The number of benzene rings is 1. The molecule has 0 heterocycles. The molecule has 2 rings (SSSR count). The number of carboxylic acid groups (broad SMARTS) is 1. The fourth-order valence-electron chi connectivity index (χ4n) is 2.24. The van der Waals surface area contributed by atoms with Gasteiger partial charge < -0.3 is 20.8 Å². The summed E-state index contributed by atoms with van der Waals surface area (Å²) in [6.07, 6.45) is 4.25. The Morgan fingerprint density at radius 1 is 1.38 bits per heavy atom. The van der Waals surface area contributed by atoms with Crippen LogP contribution in [0.15, 0.2) is 18.2 Å². The van der Waals surface area contributed by atoms with E-state index in [9.17, 15) is 14.7 Å². The van der Waals surface area contributed by atoms with Crippen molar-refractivity contribution in [2.45, 2.75) is 38.6 Å². The molecule has 6 heteroatoms. The Kier molecular flexibility index (Phi) is 4.67. The van der Waals surface area contributed by atoms with Crippen LogP contribution in [0.2, 0.25) is 0 Å². The number of urea groups is 1. The molecule has 1 aliphatic carbocycles. The second-order valence-electron chi connectivity index (χ2n) is 5.39. The van der Waals surface area contributed by atoms with Crippen molar-refractivity contribution < 1.29 is 19.8 Å². The Balaban J connectivity index is 1.98. The van der Waals surface area contributed by atoms with Gasteiger partial charge in [-0.1, -0.05) is 25.8 Å². The van der Waals surface area contributed by atoms with E-state index in [1.165, 1.54) is 31.0 Å². The summed E-state index contributed by atoms with van der Waals surface area (Å²) in [6, 6.07) is 3.88. The van der Waals surface area contributed by atoms with Gasteiger partial charge in [0.05, 0.1) is 5.69 Å². The third-order valence-electron chi connectivity index (χ3n) is 3.66. The van der Waals surface area contributed by atoms with Crippen LogP contribution in [-0.4, -0.2) is 28.3 Å². The quantitative estimate of drug-likeness (QED) is 0.606. The second-order valence-corrected chi connectivity index (χ2v) is 5.39. The molecule has 21 heavy (non-hydrogen) atoms. The third kappa shape index (κ3) is 4.11. The van der Waals surface area contributed by atoms with Gasteiger partial charge in [0.1, 0.15) is 5.56 Å². The summed E-state index contributed by atoms with van der Waals surface area (Å²) in [5.41, 5.74) is -0.147. The van der Waals surface area contributed by atoms with E-state index in [4.69, 9.17) is 5.11 Å². The minimum absolute atomic E-state index is 0.0914. The number of phenols is 1. The molecule has 1 aromatic rings. The number of hydrogen-bond acceptors (Lipinski definition) is 3. The van der Waals surface area contributed by atoms with Crippen molar-refractivity contribution >= 4 is 17.7 Å². The summed E-state index contributed by atoms with van der Waals surface area (Å²) in [5.74, 6) is -0.967. The summed E-state index contributed by atoms with van der Waals surface area (Å²) in [7, 11) is 0. The summed E-state index contributed by atoms with van der Waals surface area (Å²) in [6.45, 7) is 2.01. The number of rotatable bonds is 6. The lowest BCUT2D eigenvalue weighted by atomic mass is 10.1. The Morgan fingerprint density at radius 3 is 2.67 bits per heavy atom. The number of carboxylic acids is 1. The molecule has 0 spiro atoms. The van der Waals surface area contributed by atoms with Crippen LogP contribution in [0.5, 0.6) is 5.75 Å². The molecule has 1 saturated carbocycles. The van der Waals surface area contributed by atoms with Gasteiger partial charge in [-0.2, -0.15) is 0 Å². The maximum atomic E-state index is 11.9. The van der Waals surface area contributed by atoms with Crippen molar-refractivity contribution in [3.63, 3.8) is 0 Å². The molecule has 1 unspecified atom stereocenters. The van der Waals surface area contributed by atoms with Crippen LogP contribution >= 0.6 is 0 Å². The second kappa shape index (κ2) is 6.47. The van der Waals surface area contributed by atoms with Crippen molar-refractivity contribution in [2.75, 3.05) is 5.32 Å². The van der Waals surface area contributed by atoms with E-state index in [1.54, 1.807) is 0 Å². The lowest BCUT2D eigenvalue weighted by Gasteiger charge is -2.17. The van der Waals surface area contributed by atoms with Crippen LogP contribution in [0.1, 0.15) is 43.0 Å². The molecule has 0 aromatic heterocycles. The maximum Gasteiger partial charge on any atom is 0.339 e. The largest absolute Gasteiger partial charge is 0.505 e. The number of anilines is 1. The number of carbonyl (C=O) groups is 2. The summed E-state index contributed by atoms with van der Waals surface area (Å²) in [5, 5.41) is 24.1. The SMILES string of the molecule is CCC(CC1CC1)NC(=O)Nc1cccc(C(=O)O)c1O. The van der Waals surface area contributed by atoms with E-state index in [2.05, 4.69) is 10.6 Å². The predicted octanol–water partition coefficient (Wildman–Crippen LogP) is 2.79. The summed E-state index contributed by atoms with van der Waals surface area (Å²) < 4.78 is 0. The molecule has 0 radical (unpaired) electrons. The standard InChI is InChI=1S/C15H20N2O4/c1-2-10(8-9-6-7-9)16-15(21)17-12-5-3-4-11(13(12)18)14(19)20/h3-5,9-10,18H,2,6-8H2,1H3,(H,19,20)(H2,16,17,21). The summed E-state index contributed by atoms with van der Waals surface area (Å²) in [4.78, 5) is 22.9. The zero-order chi connectivity index (χ0) is 15.4. The number of aromatic carboxylic acids is 1. The molecular weight excluding hydrogens is 272 g/mol. The summed E-state index contributed by atoms with van der Waals surface area (Å²) >= 11 is 0. The Bertz CT molecular complexity index is 540. The molecule has 1 fully saturated rings. The van der Waals surface area contributed by atoms with Crippen molar-refractivity contribution in [1.29, 1.82) is 0 Å². The number of para-hydroxylation sites is 1. The van der Waals surface area contributed by atoms with Gasteiger partial charge >= 0.3 is 12.0 Å². The van der Waals surface area contributed by atoms with Crippen molar-refractivity contribution in [1.82, 2.24) is 5.32 Å². The molecule has 0 bridgehead atoms. The van der Waals surface area contributed by atoms with Gasteiger partial charge in [-0.05, 0) is 30.9 Å². The van der Waals surface area contributed by atoms with Gasteiger partial charge in [0.2, 0.25) is 0 Å². The molecular formula is C15H20N2O4. The van der Waals surface area contributed by atoms with Crippen LogP contribution in [-0.2, 0) is 0 Å². The number of aromatic hydroxyl groups is 1. The van der Waals surface area contributed by atoms with Crippen molar-refractivity contribution in [3.8, 4) is 5.75 Å². The third-order valence-corrected chi connectivity index (χ3v) is 3.66. The van der Waals surface area contributed by atoms with Gasteiger partial charge in [0.15, 0.2) is 5.75 Å². The number of nitrogens with one attached hydrogen (secondary N) is 2. The lowest BCUT2D eigenvalue weighted by Crippen LogP contribution is -2.37. The highest BCUT2D eigenvalue weighted by Crippen LogP contribution is 2.34. The lowest BCUT2D eigenvalue weighted by molar-refractivity contribution is 0.0693. The van der Waals surface area contributed by atoms with Gasteiger partial charge in [0.25, 0.3) is 0 Å². The molecule has 0 aliphatic heterocycles. The number of hydrogen-bond donors (Lipinski definition) is 4. The first kappa shape index (κ1) is 15.2. The smallest absolute Gasteiger partial charge is 0.339 e. The molecule has 0 saturated heterocycles. The fourth-order valence-corrected chi connectivity index (χ4v) is 2.24. The molecule has 4 N–H and O–H groups in total. The topological polar surface area (TPSA) is 98.7 Å². The predicted molar refractivity (Wildman–Crippen MR) is 78.6 cm³/mol. The first-order chi connectivity index (χ1) is 10.0. The fraction of sp³-hybridized carbons (Fsp3) is 0.467. The number of amides is 2. The van der Waals surface area contributed by atoms with Gasteiger partial charge in [-0.3, -0.25) is 0 Å². The first-order valence-electron chi connectivity index (χ1n) is 7.14. The van der Waals surface area contributed by atoms with Crippen LogP contribution in [0.3, 0.4) is 0 Å². The highest BCUT2D eigenvalue weighted by Gasteiger charge is 2.25. The molecule has 6 nitrogen and oxygen atoms in total. The minimum atomic E-state index is -1.24. The van der Waals surface area contributed by atoms with Gasteiger partial charge in [0, 0.05) is 6.04 Å². The Hall–Kier alpha value is -2.24. The van der Waals surface area contributed by atoms with E-state index < -0.39 is 17.7 Å². The zero-order valence-electron chi connectivity index (χ0n) is 11.9. The van der Waals surface area contributed by atoms with Crippen LogP contribution in [0.4, 0.5) is 10.5 Å². The molecule has 1 aromatic carbocycles. The highest BCUT2D eigenvalue weighted by molar-refractivity contribution is 5.97. The number of carbonyl (C=O) groups excluding carboxylic acids is 1. The van der Waals surface area contributed by atoms with Crippen LogP contribution < -0.4 is 10.6 Å². The average Bonchev–Trinajstić information content (AvgIpc) is 3.24. The van der Waals surface area contributed by atoms with E-state index in [1.807, 2.05) is 6.92 Å². The van der Waals surface area contributed by atoms with Gasteiger partial charge in [-0.15, -0.1) is 0 Å². The van der Waals surface area contributed by atoms with Gasteiger partial charge in [-0.25, -0.2) is 9.59 Å². The van der Waals surface area contributed by atoms with Crippen molar-refractivity contribution in [2.24, 2.45) is 5.92 Å².